The minimum atomic E-state index is -0.391. The number of nitrogens with one attached hydrogen (secondary N) is 2. The molecule has 1 aliphatic heterocycles. The first-order chi connectivity index (χ1) is 11.5. The van der Waals surface area contributed by atoms with E-state index in [0.29, 0.717) is 30.3 Å². The highest BCUT2D eigenvalue weighted by molar-refractivity contribution is 7.15. The Balaban J connectivity index is 1.70. The van der Waals surface area contributed by atoms with E-state index >= 15 is 0 Å². The van der Waals surface area contributed by atoms with Crippen molar-refractivity contribution in [3.05, 3.63) is 46.2 Å². The first-order valence-electron chi connectivity index (χ1n) is 7.90. The summed E-state index contributed by atoms with van der Waals surface area (Å²) < 4.78 is 19.3. The SMILES string of the molecule is Cc1nc(NC(=O)[C@H]2NCCO[C@@H]2C)sc1Cc1ccccc1F. The van der Waals surface area contributed by atoms with Crippen molar-refractivity contribution in [3.63, 3.8) is 0 Å². The van der Waals surface area contributed by atoms with Crippen LogP contribution in [0.5, 0.6) is 0 Å². The standard InChI is InChI=1S/C17H20FN3O2S/c1-10-14(9-12-5-3-4-6-13(12)18)24-17(20-10)21-16(22)15-11(2)23-8-7-19-15/h3-6,11,15,19H,7-9H2,1-2H3,(H,20,21,22)/t11-,15+/m1/s1. The van der Waals surface area contributed by atoms with Gasteiger partial charge in [0.15, 0.2) is 5.13 Å². The van der Waals surface area contributed by atoms with Crippen LogP contribution >= 0.6 is 11.3 Å². The van der Waals surface area contributed by atoms with Crippen molar-refractivity contribution in [3.8, 4) is 0 Å². The average Bonchev–Trinajstić information content (AvgIpc) is 2.89. The van der Waals surface area contributed by atoms with Crippen LogP contribution in [0.1, 0.15) is 23.1 Å². The van der Waals surface area contributed by atoms with Crippen molar-refractivity contribution in [2.45, 2.75) is 32.4 Å². The van der Waals surface area contributed by atoms with Crippen molar-refractivity contribution in [2.75, 3.05) is 18.5 Å². The van der Waals surface area contributed by atoms with Gasteiger partial charge < -0.3 is 15.4 Å². The predicted octanol–water partition coefficient (Wildman–Crippen LogP) is 2.50. The molecule has 0 saturated carbocycles. The van der Waals surface area contributed by atoms with Crippen LogP contribution in [-0.4, -0.2) is 36.2 Å². The fourth-order valence-corrected chi connectivity index (χ4v) is 3.66. The van der Waals surface area contributed by atoms with E-state index < -0.39 is 6.04 Å². The number of nitrogens with zero attached hydrogens (tertiary/aromatic N) is 1. The van der Waals surface area contributed by atoms with Gasteiger partial charge in [-0.25, -0.2) is 9.37 Å². The maximum Gasteiger partial charge on any atom is 0.245 e. The summed E-state index contributed by atoms with van der Waals surface area (Å²) in [7, 11) is 0. The summed E-state index contributed by atoms with van der Waals surface area (Å²) in [6.07, 6.45) is 0.283. The molecule has 0 bridgehead atoms. The molecule has 0 radical (unpaired) electrons. The first kappa shape index (κ1) is 17.0. The molecule has 1 aliphatic rings. The van der Waals surface area contributed by atoms with Gasteiger partial charge in [-0.05, 0) is 25.5 Å². The number of ether oxygens (including phenoxy) is 1. The zero-order valence-electron chi connectivity index (χ0n) is 13.6. The summed E-state index contributed by atoms with van der Waals surface area (Å²) >= 11 is 1.38. The van der Waals surface area contributed by atoms with Gasteiger partial charge in [0.1, 0.15) is 11.9 Å². The lowest BCUT2D eigenvalue weighted by Gasteiger charge is -2.28. The predicted molar refractivity (Wildman–Crippen MR) is 91.9 cm³/mol. The van der Waals surface area contributed by atoms with Gasteiger partial charge in [-0.1, -0.05) is 18.2 Å². The lowest BCUT2D eigenvalue weighted by atomic mass is 10.1. The third kappa shape index (κ3) is 3.80. The number of aromatic nitrogens is 1. The average molecular weight is 349 g/mol. The number of aryl methyl sites for hydroxylation is 1. The van der Waals surface area contributed by atoms with Gasteiger partial charge in [0.05, 0.1) is 18.4 Å². The summed E-state index contributed by atoms with van der Waals surface area (Å²) in [5.41, 5.74) is 1.43. The number of halogens is 1. The highest BCUT2D eigenvalue weighted by Gasteiger charge is 2.29. The van der Waals surface area contributed by atoms with Crippen molar-refractivity contribution in [1.29, 1.82) is 0 Å². The molecule has 0 aliphatic carbocycles. The van der Waals surface area contributed by atoms with Gasteiger partial charge in [-0.15, -0.1) is 11.3 Å². The summed E-state index contributed by atoms with van der Waals surface area (Å²) in [5, 5.41) is 6.51. The molecular formula is C17H20FN3O2S. The van der Waals surface area contributed by atoms with Crippen LogP contribution in [0, 0.1) is 12.7 Å². The number of carbonyl (C=O) groups excluding carboxylic acids is 1. The van der Waals surface area contributed by atoms with Crippen LogP contribution in [0.2, 0.25) is 0 Å². The Morgan fingerprint density at radius 2 is 2.29 bits per heavy atom. The zero-order valence-corrected chi connectivity index (χ0v) is 14.5. The fourth-order valence-electron chi connectivity index (χ4n) is 2.67. The highest BCUT2D eigenvalue weighted by atomic mass is 32.1. The van der Waals surface area contributed by atoms with E-state index in [9.17, 15) is 9.18 Å². The van der Waals surface area contributed by atoms with Gasteiger partial charge in [0.25, 0.3) is 0 Å². The molecule has 1 aromatic heterocycles. The molecule has 0 spiro atoms. The van der Waals surface area contributed by atoms with Crippen LogP contribution in [0.3, 0.4) is 0 Å². The number of hydrogen-bond donors (Lipinski definition) is 2. The molecule has 0 unspecified atom stereocenters. The van der Waals surface area contributed by atoms with Crippen molar-refractivity contribution >= 4 is 22.4 Å². The van der Waals surface area contributed by atoms with Gasteiger partial charge in [0.2, 0.25) is 5.91 Å². The summed E-state index contributed by atoms with van der Waals surface area (Å²) in [6, 6.07) is 6.30. The van der Waals surface area contributed by atoms with Crippen LogP contribution in [0.15, 0.2) is 24.3 Å². The third-order valence-corrected chi connectivity index (χ3v) is 5.10. The minimum absolute atomic E-state index is 0.159. The molecule has 1 aromatic carbocycles. The van der Waals surface area contributed by atoms with Crippen molar-refractivity contribution < 1.29 is 13.9 Å². The number of morpholine rings is 1. The third-order valence-electron chi connectivity index (χ3n) is 4.03. The van der Waals surface area contributed by atoms with E-state index in [0.717, 1.165) is 10.6 Å². The lowest BCUT2D eigenvalue weighted by Crippen LogP contribution is -2.53. The molecule has 3 rings (SSSR count). The van der Waals surface area contributed by atoms with Crippen LogP contribution in [-0.2, 0) is 16.0 Å². The van der Waals surface area contributed by atoms with E-state index in [1.54, 1.807) is 12.1 Å². The molecule has 7 heteroatoms. The second-order valence-electron chi connectivity index (χ2n) is 5.79. The Morgan fingerprint density at radius 3 is 3.04 bits per heavy atom. The number of amides is 1. The Morgan fingerprint density at radius 1 is 1.50 bits per heavy atom. The topological polar surface area (TPSA) is 63.2 Å². The second-order valence-corrected chi connectivity index (χ2v) is 6.88. The molecule has 5 nitrogen and oxygen atoms in total. The largest absolute Gasteiger partial charge is 0.375 e. The van der Waals surface area contributed by atoms with E-state index in [-0.39, 0.29) is 17.8 Å². The van der Waals surface area contributed by atoms with E-state index in [4.69, 9.17) is 4.74 Å². The Bertz CT molecular complexity index is 734. The summed E-state index contributed by atoms with van der Waals surface area (Å²) in [5.74, 6) is -0.387. The molecule has 2 N–H and O–H groups in total. The maximum atomic E-state index is 13.8. The molecular weight excluding hydrogens is 329 g/mol. The van der Waals surface area contributed by atoms with Crippen LogP contribution in [0.4, 0.5) is 9.52 Å². The Kier molecular flexibility index (Phi) is 5.23. The molecule has 24 heavy (non-hydrogen) atoms. The zero-order chi connectivity index (χ0) is 17.1. The van der Waals surface area contributed by atoms with E-state index in [1.165, 1.54) is 17.4 Å². The van der Waals surface area contributed by atoms with Crippen molar-refractivity contribution in [2.24, 2.45) is 0 Å². The van der Waals surface area contributed by atoms with Crippen LogP contribution in [0.25, 0.3) is 0 Å². The Labute approximate surface area is 144 Å². The quantitative estimate of drug-likeness (QED) is 0.890. The minimum Gasteiger partial charge on any atom is -0.375 e. The monoisotopic (exact) mass is 349 g/mol. The first-order valence-corrected chi connectivity index (χ1v) is 8.72. The van der Waals surface area contributed by atoms with Gasteiger partial charge in [0, 0.05) is 17.8 Å². The number of carbonyl (C=O) groups is 1. The number of anilines is 1. The van der Waals surface area contributed by atoms with Crippen LogP contribution < -0.4 is 10.6 Å². The van der Waals surface area contributed by atoms with Gasteiger partial charge >= 0.3 is 0 Å². The molecule has 1 amide bonds. The molecule has 2 atom stereocenters. The van der Waals surface area contributed by atoms with Gasteiger partial charge in [-0.2, -0.15) is 0 Å². The molecule has 128 valence electrons. The number of rotatable bonds is 4. The second kappa shape index (κ2) is 7.38. The van der Waals surface area contributed by atoms with E-state index in [1.807, 2.05) is 19.9 Å². The van der Waals surface area contributed by atoms with Gasteiger partial charge in [-0.3, -0.25) is 4.79 Å². The Hall–Kier alpha value is -1.83. The van der Waals surface area contributed by atoms with E-state index in [2.05, 4.69) is 15.6 Å². The molecule has 2 aromatic rings. The number of benzene rings is 1. The smallest absolute Gasteiger partial charge is 0.245 e. The maximum absolute atomic E-state index is 13.8. The summed E-state index contributed by atoms with van der Waals surface area (Å²) in [6.45, 7) is 4.99. The number of thiazole rings is 1. The number of hydrogen-bond acceptors (Lipinski definition) is 5. The molecule has 1 fully saturated rings. The van der Waals surface area contributed by atoms with Crippen molar-refractivity contribution in [1.82, 2.24) is 10.3 Å². The fraction of sp³-hybridized carbons (Fsp3) is 0.412. The normalized spacial score (nSPS) is 20.8. The lowest BCUT2D eigenvalue weighted by molar-refractivity contribution is -0.123. The molecule has 1 saturated heterocycles. The highest BCUT2D eigenvalue weighted by Crippen LogP contribution is 2.26. The summed E-state index contributed by atoms with van der Waals surface area (Å²) in [4.78, 5) is 17.7. The molecule has 2 heterocycles.